The number of nitrogens with zero attached hydrogens (tertiary/aromatic N) is 5. The fourth-order valence-electron chi connectivity index (χ4n) is 3.54. The number of carbonyl (C=O) groups is 1. The summed E-state index contributed by atoms with van der Waals surface area (Å²) in [5, 5.41) is 15.8. The van der Waals surface area contributed by atoms with Crippen molar-refractivity contribution in [1.82, 2.24) is 24.9 Å². The Labute approximate surface area is 183 Å². The normalized spacial score (nSPS) is 18.8. The molecule has 8 nitrogen and oxygen atoms in total. The summed E-state index contributed by atoms with van der Waals surface area (Å²) in [7, 11) is 0. The van der Waals surface area contributed by atoms with Gasteiger partial charge >= 0.3 is 6.03 Å². The maximum Gasteiger partial charge on any atom is 0.320 e. The molecule has 3 aromatic heterocycles. The molecule has 0 radical (unpaired) electrons. The van der Waals surface area contributed by atoms with Gasteiger partial charge in [-0.3, -0.25) is 10.3 Å². The first-order valence-electron chi connectivity index (χ1n) is 9.65. The molecule has 2 atom stereocenters. The van der Waals surface area contributed by atoms with Crippen LogP contribution in [0.25, 0.3) is 0 Å². The van der Waals surface area contributed by atoms with Gasteiger partial charge in [-0.05, 0) is 62.1 Å². The Hall–Kier alpha value is -2.78. The van der Waals surface area contributed by atoms with Gasteiger partial charge in [0.25, 0.3) is 0 Å². The molecule has 2 N–H and O–H groups in total. The topological polar surface area (TPSA) is 95.9 Å². The molecule has 0 bridgehead atoms. The van der Waals surface area contributed by atoms with Crippen molar-refractivity contribution in [3.8, 4) is 0 Å². The predicted octanol–water partition coefficient (Wildman–Crippen LogP) is 3.78. The molecule has 1 saturated heterocycles. The van der Waals surface area contributed by atoms with Gasteiger partial charge in [0.2, 0.25) is 0 Å². The summed E-state index contributed by atoms with van der Waals surface area (Å²) in [4.78, 5) is 19.3. The van der Waals surface area contributed by atoms with E-state index in [0.29, 0.717) is 11.6 Å². The molecule has 0 saturated carbocycles. The number of piperidine rings is 1. The quantitative estimate of drug-likeness (QED) is 0.637. The van der Waals surface area contributed by atoms with Gasteiger partial charge in [-0.25, -0.2) is 4.79 Å². The Kier molecular flexibility index (Phi) is 6.10. The lowest BCUT2D eigenvalue weighted by atomic mass is 9.89. The van der Waals surface area contributed by atoms with E-state index in [1.165, 1.54) is 11.5 Å². The average Bonchev–Trinajstić information content (AvgIpc) is 3.14. The summed E-state index contributed by atoms with van der Waals surface area (Å²) < 4.78 is 4.19. The summed E-state index contributed by atoms with van der Waals surface area (Å²) in [5.41, 5.74) is 2.63. The number of aryl methyl sites for hydroxylation is 2. The van der Waals surface area contributed by atoms with Gasteiger partial charge < -0.3 is 10.2 Å². The van der Waals surface area contributed by atoms with Gasteiger partial charge in [0.1, 0.15) is 5.00 Å². The highest BCUT2D eigenvalue weighted by Gasteiger charge is 2.33. The lowest BCUT2D eigenvalue weighted by Gasteiger charge is -2.39. The Bertz CT molecular complexity index is 1010. The van der Waals surface area contributed by atoms with E-state index in [0.717, 1.165) is 40.9 Å². The van der Waals surface area contributed by atoms with Crippen LogP contribution in [0.1, 0.15) is 29.4 Å². The summed E-state index contributed by atoms with van der Waals surface area (Å²) in [5.74, 6) is 0.802. The van der Waals surface area contributed by atoms with Crippen LogP contribution in [0, 0.1) is 13.8 Å². The zero-order valence-electron chi connectivity index (χ0n) is 16.7. The van der Waals surface area contributed by atoms with Crippen molar-refractivity contribution in [3.05, 3.63) is 58.6 Å². The van der Waals surface area contributed by atoms with Crippen molar-refractivity contribution in [2.45, 2.75) is 32.2 Å². The molecular weight excluding hydrogens is 422 g/mol. The van der Waals surface area contributed by atoms with Crippen LogP contribution in [0.3, 0.4) is 0 Å². The first-order valence-corrected chi connectivity index (χ1v) is 10.8. The average molecular weight is 444 g/mol. The highest BCUT2D eigenvalue weighted by Crippen LogP contribution is 2.29. The molecular formula is C20H22ClN7OS. The molecule has 1 aliphatic rings. The molecule has 1 aliphatic heterocycles. The molecule has 0 unspecified atom stereocenters. The number of nitrogens with one attached hydrogen (secondary N) is 2. The second-order valence-corrected chi connectivity index (χ2v) is 8.55. The van der Waals surface area contributed by atoms with E-state index in [1.807, 2.05) is 44.2 Å². The van der Waals surface area contributed by atoms with Gasteiger partial charge in [-0.2, -0.15) is 9.47 Å². The standard InChI is InChI=1S/C20H22ClN7OS/c1-12-3-6-18(26-25-12)28-8-7-17(15(11-28)16-5-4-14(21)10-22-16)23-20(29)24-19-9-13(2)27-30-19/h3-6,9-10,15,17H,7-8,11H2,1-2H3,(H2,23,24,29)/t15-,17+/m0/s1. The predicted molar refractivity (Wildman–Crippen MR) is 118 cm³/mol. The molecule has 3 aromatic rings. The van der Waals surface area contributed by atoms with E-state index in [9.17, 15) is 4.79 Å². The first kappa shape index (κ1) is 20.5. The Morgan fingerprint density at radius 1 is 1.20 bits per heavy atom. The second kappa shape index (κ2) is 8.93. The molecule has 1 fully saturated rings. The van der Waals surface area contributed by atoms with Gasteiger partial charge in [-0.1, -0.05) is 11.6 Å². The van der Waals surface area contributed by atoms with Crippen molar-refractivity contribution in [3.63, 3.8) is 0 Å². The van der Waals surface area contributed by atoms with Gasteiger partial charge in [0.15, 0.2) is 5.82 Å². The minimum Gasteiger partial charge on any atom is -0.354 e. The van der Waals surface area contributed by atoms with Crippen LogP contribution in [-0.2, 0) is 0 Å². The number of amides is 2. The number of rotatable bonds is 4. The smallest absolute Gasteiger partial charge is 0.320 e. The molecule has 0 spiro atoms. The van der Waals surface area contributed by atoms with Crippen molar-refractivity contribution in [2.24, 2.45) is 0 Å². The van der Waals surface area contributed by atoms with Crippen molar-refractivity contribution in [1.29, 1.82) is 0 Å². The fourth-order valence-corrected chi connectivity index (χ4v) is 4.31. The molecule has 30 heavy (non-hydrogen) atoms. The van der Waals surface area contributed by atoms with E-state index in [2.05, 4.69) is 35.1 Å². The number of pyridine rings is 1. The van der Waals surface area contributed by atoms with Crippen LogP contribution in [0.4, 0.5) is 15.6 Å². The first-order chi connectivity index (χ1) is 14.5. The number of hydrogen-bond donors (Lipinski definition) is 2. The van der Waals surface area contributed by atoms with E-state index >= 15 is 0 Å². The number of aromatic nitrogens is 4. The molecule has 4 heterocycles. The zero-order chi connectivity index (χ0) is 21.1. The SMILES string of the molecule is Cc1ccc(N2CC[C@@H](NC(=O)Nc3cc(C)ns3)[C@H](c3ccc(Cl)cn3)C2)nn1. The molecule has 2 amide bonds. The number of urea groups is 1. The van der Waals surface area contributed by atoms with Crippen molar-refractivity contribution in [2.75, 3.05) is 23.3 Å². The maximum absolute atomic E-state index is 12.6. The number of halogens is 1. The lowest BCUT2D eigenvalue weighted by Crippen LogP contribution is -2.51. The minimum atomic E-state index is -0.244. The minimum absolute atomic E-state index is 0.0203. The Morgan fingerprint density at radius 3 is 2.73 bits per heavy atom. The fraction of sp³-hybridized carbons (Fsp3) is 0.350. The van der Waals surface area contributed by atoms with E-state index < -0.39 is 0 Å². The number of carbonyl (C=O) groups excluding carboxylic acids is 1. The third-order valence-corrected chi connectivity index (χ3v) is 6.05. The molecule has 0 aliphatic carbocycles. The zero-order valence-corrected chi connectivity index (χ0v) is 18.2. The summed E-state index contributed by atoms with van der Waals surface area (Å²) in [6, 6.07) is 9.19. The van der Waals surface area contributed by atoms with Gasteiger partial charge in [0.05, 0.1) is 16.4 Å². The lowest BCUT2D eigenvalue weighted by molar-refractivity contribution is 0.243. The van der Waals surface area contributed by atoms with E-state index in [1.54, 1.807) is 6.20 Å². The highest BCUT2D eigenvalue weighted by atomic mass is 35.5. The molecule has 4 rings (SSSR count). The largest absolute Gasteiger partial charge is 0.354 e. The monoisotopic (exact) mass is 443 g/mol. The molecule has 0 aromatic carbocycles. The van der Waals surface area contributed by atoms with Crippen LogP contribution in [0.15, 0.2) is 36.5 Å². The Morgan fingerprint density at radius 2 is 2.07 bits per heavy atom. The van der Waals surface area contributed by atoms with Crippen LogP contribution in [0.5, 0.6) is 0 Å². The number of anilines is 2. The Balaban J connectivity index is 1.52. The van der Waals surface area contributed by atoms with Crippen LogP contribution >= 0.6 is 23.1 Å². The number of hydrogen-bond acceptors (Lipinski definition) is 7. The summed E-state index contributed by atoms with van der Waals surface area (Å²) >= 11 is 7.29. The maximum atomic E-state index is 12.6. The highest BCUT2D eigenvalue weighted by molar-refractivity contribution is 7.10. The van der Waals surface area contributed by atoms with Crippen LogP contribution in [0.2, 0.25) is 5.02 Å². The van der Waals surface area contributed by atoms with Crippen LogP contribution < -0.4 is 15.5 Å². The van der Waals surface area contributed by atoms with E-state index in [-0.39, 0.29) is 18.0 Å². The van der Waals surface area contributed by atoms with Gasteiger partial charge in [-0.15, -0.1) is 5.10 Å². The summed E-state index contributed by atoms with van der Waals surface area (Å²) in [6.45, 7) is 5.23. The van der Waals surface area contributed by atoms with E-state index in [4.69, 9.17) is 11.6 Å². The molecule has 156 valence electrons. The summed E-state index contributed by atoms with van der Waals surface area (Å²) in [6.07, 6.45) is 2.39. The van der Waals surface area contributed by atoms with Gasteiger partial charge in [0, 0.05) is 36.9 Å². The third kappa shape index (κ3) is 4.85. The second-order valence-electron chi connectivity index (χ2n) is 7.31. The van der Waals surface area contributed by atoms with Crippen LogP contribution in [-0.4, -0.2) is 44.7 Å². The van der Waals surface area contributed by atoms with Crippen molar-refractivity contribution < 1.29 is 4.79 Å². The molecule has 10 heteroatoms. The van der Waals surface area contributed by atoms with Crippen molar-refractivity contribution >= 4 is 40.0 Å². The third-order valence-electron chi connectivity index (χ3n) is 5.03.